The summed E-state index contributed by atoms with van der Waals surface area (Å²) in [5.41, 5.74) is 0.637. The van der Waals surface area contributed by atoms with E-state index in [1.54, 1.807) is 12.4 Å². The lowest BCUT2D eigenvalue weighted by molar-refractivity contribution is 0.0702. The van der Waals surface area contributed by atoms with Crippen LogP contribution in [0, 0.1) is 0 Å². The number of rotatable bonds is 2. The molecule has 24 heavy (non-hydrogen) atoms. The standard InChI is InChI=1S/C17H20N4O3/c1-20-11-18-19-16(20)13-3-2-6-21(10-13)17(22)12-4-5-14-15(9-12)24-8-7-23-14/h4-5,9,11,13H,2-3,6-8,10H2,1H3/t13-/m0/s1. The average Bonchev–Trinajstić information content (AvgIpc) is 3.07. The maximum Gasteiger partial charge on any atom is 0.254 e. The Morgan fingerprint density at radius 1 is 1.25 bits per heavy atom. The van der Waals surface area contributed by atoms with Crippen LogP contribution in [0.5, 0.6) is 11.5 Å². The molecule has 2 aliphatic heterocycles. The van der Waals surface area contributed by atoms with Crippen LogP contribution in [0.25, 0.3) is 0 Å². The van der Waals surface area contributed by atoms with E-state index in [0.717, 1.165) is 25.2 Å². The summed E-state index contributed by atoms with van der Waals surface area (Å²) in [7, 11) is 1.94. The van der Waals surface area contributed by atoms with Crippen LogP contribution in [0.2, 0.25) is 0 Å². The normalized spacial score (nSPS) is 20.0. The summed E-state index contributed by atoms with van der Waals surface area (Å²) in [5, 5.41) is 8.15. The number of ether oxygens (including phenoxy) is 2. The Hall–Kier alpha value is -2.57. The molecule has 7 heteroatoms. The first-order valence-corrected chi connectivity index (χ1v) is 8.25. The molecular weight excluding hydrogens is 308 g/mol. The quantitative estimate of drug-likeness (QED) is 0.838. The minimum atomic E-state index is 0.0267. The van der Waals surface area contributed by atoms with Crippen molar-refractivity contribution in [2.45, 2.75) is 18.8 Å². The van der Waals surface area contributed by atoms with E-state index in [1.165, 1.54) is 0 Å². The van der Waals surface area contributed by atoms with E-state index in [-0.39, 0.29) is 11.8 Å². The highest BCUT2D eigenvalue weighted by Gasteiger charge is 2.28. The maximum absolute atomic E-state index is 12.9. The number of likely N-dealkylation sites (tertiary alicyclic amines) is 1. The Morgan fingerprint density at radius 3 is 2.88 bits per heavy atom. The number of fused-ring (bicyclic) bond motifs is 1. The second-order valence-corrected chi connectivity index (χ2v) is 6.25. The molecular formula is C17H20N4O3. The zero-order valence-corrected chi connectivity index (χ0v) is 13.6. The van der Waals surface area contributed by atoms with E-state index in [9.17, 15) is 4.79 Å². The Labute approximate surface area is 140 Å². The molecule has 0 radical (unpaired) electrons. The van der Waals surface area contributed by atoms with Crippen molar-refractivity contribution in [1.29, 1.82) is 0 Å². The first kappa shape index (κ1) is 15.0. The number of nitrogens with zero attached hydrogens (tertiary/aromatic N) is 4. The van der Waals surface area contributed by atoms with E-state index in [0.29, 0.717) is 36.8 Å². The molecule has 7 nitrogen and oxygen atoms in total. The van der Waals surface area contributed by atoms with Crippen molar-refractivity contribution in [3.8, 4) is 11.5 Å². The minimum absolute atomic E-state index is 0.0267. The lowest BCUT2D eigenvalue weighted by Crippen LogP contribution is -2.39. The molecule has 0 saturated carbocycles. The average molecular weight is 328 g/mol. The van der Waals surface area contributed by atoms with Crippen molar-refractivity contribution in [3.63, 3.8) is 0 Å². The number of hydrogen-bond donors (Lipinski definition) is 0. The van der Waals surface area contributed by atoms with Crippen LogP contribution in [0.15, 0.2) is 24.5 Å². The van der Waals surface area contributed by atoms with Gasteiger partial charge in [0.2, 0.25) is 0 Å². The Kier molecular flexibility index (Phi) is 3.84. The van der Waals surface area contributed by atoms with Gasteiger partial charge in [-0.25, -0.2) is 0 Å². The zero-order valence-electron chi connectivity index (χ0n) is 13.6. The summed E-state index contributed by atoms with van der Waals surface area (Å²) < 4.78 is 13.0. The maximum atomic E-state index is 12.9. The molecule has 0 aliphatic carbocycles. The molecule has 126 valence electrons. The van der Waals surface area contributed by atoms with E-state index < -0.39 is 0 Å². The van der Waals surface area contributed by atoms with E-state index in [1.807, 2.05) is 28.6 Å². The van der Waals surface area contributed by atoms with Gasteiger partial charge in [0.15, 0.2) is 11.5 Å². The molecule has 1 atom stereocenters. The Balaban J connectivity index is 1.52. The summed E-state index contributed by atoms with van der Waals surface area (Å²) >= 11 is 0. The summed E-state index contributed by atoms with van der Waals surface area (Å²) in [6.07, 6.45) is 3.70. The lowest BCUT2D eigenvalue weighted by Gasteiger charge is -2.32. The van der Waals surface area contributed by atoms with Gasteiger partial charge in [0.25, 0.3) is 5.91 Å². The summed E-state index contributed by atoms with van der Waals surface area (Å²) in [6, 6.07) is 5.40. The van der Waals surface area contributed by atoms with Crippen LogP contribution >= 0.6 is 0 Å². The fourth-order valence-electron chi connectivity index (χ4n) is 3.39. The number of piperidine rings is 1. The van der Waals surface area contributed by atoms with Crippen molar-refractivity contribution in [2.75, 3.05) is 26.3 Å². The molecule has 1 saturated heterocycles. The van der Waals surface area contributed by atoms with Crippen LogP contribution < -0.4 is 9.47 Å². The van der Waals surface area contributed by atoms with Crippen molar-refractivity contribution >= 4 is 5.91 Å². The SMILES string of the molecule is Cn1cnnc1[C@H]1CCCN(C(=O)c2ccc3c(c2)OCCO3)C1. The minimum Gasteiger partial charge on any atom is -0.486 e. The number of aromatic nitrogens is 3. The molecule has 3 heterocycles. The Bertz CT molecular complexity index is 758. The van der Waals surface area contributed by atoms with E-state index in [2.05, 4.69) is 10.2 Å². The Morgan fingerprint density at radius 2 is 2.08 bits per heavy atom. The molecule has 0 bridgehead atoms. The predicted molar refractivity (Wildman–Crippen MR) is 86.3 cm³/mol. The highest BCUT2D eigenvalue weighted by molar-refractivity contribution is 5.95. The number of carbonyl (C=O) groups is 1. The monoisotopic (exact) mass is 328 g/mol. The van der Waals surface area contributed by atoms with Gasteiger partial charge in [-0.15, -0.1) is 10.2 Å². The van der Waals surface area contributed by atoms with Gasteiger partial charge in [-0.3, -0.25) is 4.79 Å². The van der Waals surface area contributed by atoms with Gasteiger partial charge in [-0.05, 0) is 31.0 Å². The molecule has 1 fully saturated rings. The molecule has 4 rings (SSSR count). The molecule has 0 spiro atoms. The van der Waals surface area contributed by atoms with Crippen LogP contribution in [-0.2, 0) is 7.05 Å². The van der Waals surface area contributed by atoms with Crippen molar-refractivity contribution in [2.24, 2.45) is 7.05 Å². The van der Waals surface area contributed by atoms with Crippen LogP contribution in [0.3, 0.4) is 0 Å². The number of hydrogen-bond acceptors (Lipinski definition) is 5. The van der Waals surface area contributed by atoms with E-state index >= 15 is 0 Å². The van der Waals surface area contributed by atoms with Gasteiger partial charge in [-0.2, -0.15) is 0 Å². The topological polar surface area (TPSA) is 69.5 Å². The summed E-state index contributed by atoms with van der Waals surface area (Å²) in [6.45, 7) is 2.50. The number of carbonyl (C=O) groups excluding carboxylic acids is 1. The van der Waals surface area contributed by atoms with Crippen molar-refractivity contribution < 1.29 is 14.3 Å². The highest BCUT2D eigenvalue weighted by Crippen LogP contribution is 2.32. The second-order valence-electron chi connectivity index (χ2n) is 6.25. The number of aryl methyl sites for hydroxylation is 1. The van der Waals surface area contributed by atoms with Crippen molar-refractivity contribution in [1.82, 2.24) is 19.7 Å². The first-order chi connectivity index (χ1) is 11.7. The third-order valence-corrected chi connectivity index (χ3v) is 4.61. The molecule has 2 aliphatic rings. The van der Waals surface area contributed by atoms with Gasteiger partial charge in [0.1, 0.15) is 25.4 Å². The van der Waals surface area contributed by atoms with Gasteiger partial charge in [-0.1, -0.05) is 0 Å². The zero-order chi connectivity index (χ0) is 16.5. The first-order valence-electron chi connectivity index (χ1n) is 8.25. The summed E-state index contributed by atoms with van der Waals surface area (Å²) in [5.74, 6) is 2.54. The van der Waals surface area contributed by atoms with Gasteiger partial charge >= 0.3 is 0 Å². The highest BCUT2D eigenvalue weighted by atomic mass is 16.6. The smallest absolute Gasteiger partial charge is 0.254 e. The third-order valence-electron chi connectivity index (χ3n) is 4.61. The molecule has 2 aromatic rings. The molecule has 0 unspecified atom stereocenters. The van der Waals surface area contributed by atoms with E-state index in [4.69, 9.17) is 9.47 Å². The third kappa shape index (κ3) is 2.70. The van der Waals surface area contributed by atoms with Gasteiger partial charge in [0.05, 0.1) is 0 Å². The fourth-order valence-corrected chi connectivity index (χ4v) is 3.39. The second kappa shape index (κ2) is 6.14. The largest absolute Gasteiger partial charge is 0.486 e. The predicted octanol–water partition coefficient (Wildman–Crippen LogP) is 1.61. The van der Waals surface area contributed by atoms with Crippen LogP contribution in [0.1, 0.15) is 34.9 Å². The molecule has 0 N–H and O–H groups in total. The van der Waals surface area contributed by atoms with Crippen molar-refractivity contribution in [3.05, 3.63) is 35.9 Å². The molecule has 1 amide bonds. The lowest BCUT2D eigenvalue weighted by atomic mass is 9.96. The number of amides is 1. The molecule has 1 aromatic carbocycles. The fraction of sp³-hybridized carbons (Fsp3) is 0.471. The summed E-state index contributed by atoms with van der Waals surface area (Å²) in [4.78, 5) is 14.8. The van der Waals surface area contributed by atoms with Crippen LogP contribution in [-0.4, -0.2) is 51.9 Å². The van der Waals surface area contributed by atoms with Crippen LogP contribution in [0.4, 0.5) is 0 Å². The number of benzene rings is 1. The molecule has 1 aromatic heterocycles. The van der Waals surface area contributed by atoms with Gasteiger partial charge in [0, 0.05) is 31.6 Å². The van der Waals surface area contributed by atoms with Gasteiger partial charge < -0.3 is 18.9 Å².